The van der Waals surface area contributed by atoms with Crippen LogP contribution in [0.4, 0.5) is 21.9 Å². The van der Waals surface area contributed by atoms with Crippen molar-refractivity contribution >= 4 is 57.9 Å². The van der Waals surface area contributed by atoms with Gasteiger partial charge in [0.05, 0.1) is 33.7 Å². The van der Waals surface area contributed by atoms with E-state index in [0.29, 0.717) is 20.6 Å². The molecule has 2 aliphatic heterocycles. The maximum Gasteiger partial charge on any atom is 0.414 e. The number of cyclic esters (lactones) is 1. The highest BCUT2D eigenvalue weighted by Gasteiger charge is 2.33. The molecular formula is C24H27ClN4O4S. The number of amides is 3. The lowest BCUT2D eigenvalue weighted by Crippen LogP contribution is -2.34. The van der Waals surface area contributed by atoms with Gasteiger partial charge in [-0.05, 0) is 57.0 Å². The van der Waals surface area contributed by atoms with Gasteiger partial charge in [-0.25, -0.2) is 4.79 Å². The predicted molar refractivity (Wildman–Crippen MR) is 135 cm³/mol. The second-order valence-electron chi connectivity index (χ2n) is 8.54. The molecule has 2 aliphatic rings. The van der Waals surface area contributed by atoms with E-state index in [1.807, 2.05) is 26.0 Å². The van der Waals surface area contributed by atoms with Crippen LogP contribution in [0.2, 0.25) is 4.34 Å². The van der Waals surface area contributed by atoms with Crippen LogP contribution in [0.3, 0.4) is 0 Å². The quantitative estimate of drug-likeness (QED) is 0.537. The van der Waals surface area contributed by atoms with E-state index in [4.69, 9.17) is 16.3 Å². The highest BCUT2D eigenvalue weighted by Crippen LogP contribution is 2.34. The third kappa shape index (κ3) is 5.71. The zero-order valence-corrected chi connectivity index (χ0v) is 20.7. The molecule has 4 rings (SSSR count). The van der Waals surface area contributed by atoms with Gasteiger partial charge in [0.15, 0.2) is 0 Å². The first-order valence-electron chi connectivity index (χ1n) is 11.2. The largest absolute Gasteiger partial charge is 0.442 e. The lowest BCUT2D eigenvalue weighted by atomic mass is 10.2. The third-order valence-electron chi connectivity index (χ3n) is 5.58. The SMILES string of the molecule is CC(C)=CC(=O)Nc1cc(N2CC(CNC(=O)c3ccc(Cl)s3)OC2=O)ccc1N1CCCC1. The molecule has 0 aliphatic carbocycles. The number of carbonyl (C=O) groups is 3. The molecule has 1 atom stereocenters. The first-order valence-corrected chi connectivity index (χ1v) is 12.4. The summed E-state index contributed by atoms with van der Waals surface area (Å²) < 4.78 is 6.00. The van der Waals surface area contributed by atoms with Crippen LogP contribution >= 0.6 is 22.9 Å². The number of allylic oxidation sites excluding steroid dienone is 1. The van der Waals surface area contributed by atoms with Gasteiger partial charge in [0.1, 0.15) is 6.10 Å². The predicted octanol–water partition coefficient (Wildman–Crippen LogP) is 4.66. The Morgan fingerprint density at radius 1 is 1.21 bits per heavy atom. The molecule has 0 saturated carbocycles. The average molecular weight is 503 g/mol. The standard InChI is InChI=1S/C24H27ClN4O4S/c1-15(2)11-22(30)27-18-12-16(5-6-19(18)28-9-3-4-10-28)29-14-17(33-24(29)32)13-26-23(31)20-7-8-21(25)34-20/h5-8,11-12,17H,3-4,9-10,13-14H2,1-2H3,(H,26,31)(H,27,30). The number of thiophene rings is 1. The monoisotopic (exact) mass is 502 g/mol. The van der Waals surface area contributed by atoms with E-state index in [9.17, 15) is 14.4 Å². The van der Waals surface area contributed by atoms with E-state index in [-0.39, 0.29) is 24.9 Å². The Balaban J connectivity index is 1.47. The highest BCUT2D eigenvalue weighted by molar-refractivity contribution is 7.18. The van der Waals surface area contributed by atoms with Gasteiger partial charge in [0.2, 0.25) is 5.91 Å². The minimum atomic E-state index is -0.492. The van der Waals surface area contributed by atoms with Crippen LogP contribution in [0, 0.1) is 0 Å². The number of rotatable bonds is 7. The Bertz CT molecular complexity index is 1120. The number of nitrogens with one attached hydrogen (secondary N) is 2. The lowest BCUT2D eigenvalue weighted by molar-refractivity contribution is -0.111. The van der Waals surface area contributed by atoms with Crippen LogP contribution in [0.15, 0.2) is 42.0 Å². The molecule has 3 heterocycles. The van der Waals surface area contributed by atoms with E-state index in [0.717, 1.165) is 37.2 Å². The van der Waals surface area contributed by atoms with Gasteiger partial charge in [-0.15, -0.1) is 11.3 Å². The number of anilines is 3. The van der Waals surface area contributed by atoms with Crippen molar-refractivity contribution in [2.45, 2.75) is 32.8 Å². The number of ether oxygens (including phenoxy) is 1. The molecule has 1 aromatic heterocycles. The summed E-state index contributed by atoms with van der Waals surface area (Å²) in [6, 6.07) is 8.92. The first-order chi connectivity index (χ1) is 16.3. The number of benzene rings is 1. The van der Waals surface area contributed by atoms with Crippen molar-refractivity contribution in [2.24, 2.45) is 0 Å². The topological polar surface area (TPSA) is 91.0 Å². The lowest BCUT2D eigenvalue weighted by Gasteiger charge is -2.23. The fourth-order valence-corrected chi connectivity index (χ4v) is 4.98. The molecule has 10 heteroatoms. The van der Waals surface area contributed by atoms with E-state index in [2.05, 4.69) is 15.5 Å². The molecule has 2 N–H and O–H groups in total. The fraction of sp³-hybridized carbons (Fsp3) is 0.375. The molecule has 2 fully saturated rings. The summed E-state index contributed by atoms with van der Waals surface area (Å²) in [7, 11) is 0. The fourth-order valence-electron chi connectivity index (χ4n) is 4.03. The smallest absolute Gasteiger partial charge is 0.414 e. The Labute approximate surface area is 207 Å². The van der Waals surface area contributed by atoms with Crippen LogP contribution in [0.25, 0.3) is 0 Å². The van der Waals surface area contributed by atoms with Gasteiger partial charge in [0.25, 0.3) is 5.91 Å². The summed E-state index contributed by atoms with van der Waals surface area (Å²) in [4.78, 5) is 41.6. The highest BCUT2D eigenvalue weighted by atomic mass is 35.5. The maximum atomic E-state index is 12.6. The molecule has 0 bridgehead atoms. The van der Waals surface area contributed by atoms with Gasteiger partial charge in [-0.1, -0.05) is 17.2 Å². The molecule has 2 saturated heterocycles. The van der Waals surface area contributed by atoms with E-state index in [1.165, 1.54) is 16.2 Å². The van der Waals surface area contributed by atoms with Crippen LogP contribution < -0.4 is 20.4 Å². The number of halogens is 1. The Hall–Kier alpha value is -3.04. The van der Waals surface area contributed by atoms with E-state index in [1.54, 1.807) is 24.3 Å². The van der Waals surface area contributed by atoms with Gasteiger partial charge in [0, 0.05) is 24.9 Å². The van der Waals surface area contributed by atoms with Gasteiger partial charge >= 0.3 is 6.09 Å². The Kier molecular flexibility index (Phi) is 7.43. The van der Waals surface area contributed by atoms with Crippen molar-refractivity contribution in [3.05, 3.63) is 51.2 Å². The minimum absolute atomic E-state index is 0.187. The maximum absolute atomic E-state index is 12.6. The van der Waals surface area contributed by atoms with Crippen molar-refractivity contribution in [1.82, 2.24) is 5.32 Å². The Morgan fingerprint density at radius 3 is 2.65 bits per heavy atom. The van der Waals surface area contributed by atoms with E-state index >= 15 is 0 Å². The average Bonchev–Trinajstić information content (AvgIpc) is 3.53. The van der Waals surface area contributed by atoms with Crippen molar-refractivity contribution < 1.29 is 19.1 Å². The minimum Gasteiger partial charge on any atom is -0.442 e. The molecule has 0 radical (unpaired) electrons. The molecule has 34 heavy (non-hydrogen) atoms. The van der Waals surface area contributed by atoms with Crippen LogP contribution in [0.1, 0.15) is 36.4 Å². The molecule has 2 aromatic rings. The number of hydrogen-bond acceptors (Lipinski definition) is 6. The van der Waals surface area contributed by atoms with Gasteiger partial charge < -0.3 is 20.3 Å². The summed E-state index contributed by atoms with van der Waals surface area (Å²) in [6.07, 6.45) is 2.77. The second-order valence-corrected chi connectivity index (χ2v) is 10.3. The zero-order valence-electron chi connectivity index (χ0n) is 19.1. The molecule has 180 valence electrons. The molecule has 1 unspecified atom stereocenters. The van der Waals surface area contributed by atoms with Crippen molar-refractivity contribution in [1.29, 1.82) is 0 Å². The molecule has 0 spiro atoms. The third-order valence-corrected chi connectivity index (χ3v) is 6.81. The van der Waals surface area contributed by atoms with Crippen molar-refractivity contribution in [3.8, 4) is 0 Å². The summed E-state index contributed by atoms with van der Waals surface area (Å²) in [6.45, 7) is 6.05. The number of hydrogen-bond donors (Lipinski definition) is 2. The van der Waals surface area contributed by atoms with E-state index < -0.39 is 12.2 Å². The molecule has 3 amide bonds. The number of carbonyl (C=O) groups excluding carboxylic acids is 3. The van der Waals surface area contributed by atoms with Gasteiger partial charge in [-0.3, -0.25) is 14.5 Å². The second kappa shape index (κ2) is 10.5. The van der Waals surface area contributed by atoms with Crippen molar-refractivity contribution in [2.75, 3.05) is 41.3 Å². The molecule has 8 nitrogen and oxygen atoms in total. The van der Waals surface area contributed by atoms with Crippen LogP contribution in [0.5, 0.6) is 0 Å². The molecular weight excluding hydrogens is 476 g/mol. The summed E-state index contributed by atoms with van der Waals surface area (Å²) in [5, 5.41) is 5.75. The molecule has 1 aromatic carbocycles. The normalized spacial score (nSPS) is 17.5. The summed E-state index contributed by atoms with van der Waals surface area (Å²) >= 11 is 7.08. The first kappa shape index (κ1) is 24.1. The Morgan fingerprint density at radius 2 is 1.97 bits per heavy atom. The van der Waals surface area contributed by atoms with Crippen LogP contribution in [-0.4, -0.2) is 50.2 Å². The number of nitrogens with zero attached hydrogens (tertiary/aromatic N) is 2. The summed E-state index contributed by atoms with van der Waals surface area (Å²) in [5.74, 6) is -0.471. The van der Waals surface area contributed by atoms with Gasteiger partial charge in [-0.2, -0.15) is 0 Å². The van der Waals surface area contributed by atoms with Crippen LogP contribution in [-0.2, 0) is 9.53 Å². The summed E-state index contributed by atoms with van der Waals surface area (Å²) in [5.41, 5.74) is 3.11. The van der Waals surface area contributed by atoms with Crippen molar-refractivity contribution in [3.63, 3.8) is 0 Å². The zero-order chi connectivity index (χ0) is 24.2.